The van der Waals surface area contributed by atoms with Crippen molar-refractivity contribution in [2.45, 2.75) is 37.7 Å². The van der Waals surface area contributed by atoms with E-state index in [-0.39, 0.29) is 0 Å². The Kier molecular flexibility index (Phi) is 1.88. The molecule has 1 aromatic heterocycles. The normalized spacial score (nSPS) is 49.8. The van der Waals surface area contributed by atoms with Crippen LogP contribution in [0.3, 0.4) is 0 Å². The second kappa shape index (κ2) is 3.11. The minimum absolute atomic E-state index is 0.465. The van der Waals surface area contributed by atoms with Gasteiger partial charge in [-0.1, -0.05) is 0 Å². The summed E-state index contributed by atoms with van der Waals surface area (Å²) in [5.41, 5.74) is 0.749. The molecule has 1 N–H and O–H groups in total. The molecule has 4 bridgehead atoms. The van der Waals surface area contributed by atoms with Crippen LogP contribution in [-0.2, 0) is 5.60 Å². The van der Waals surface area contributed by atoms with Gasteiger partial charge in [-0.3, -0.25) is 0 Å². The van der Waals surface area contributed by atoms with Crippen LogP contribution in [0.4, 0.5) is 0 Å². The Morgan fingerprint density at radius 3 is 2.19 bits per heavy atom. The highest BCUT2D eigenvalue weighted by molar-refractivity contribution is 7.08. The Bertz CT molecular complexity index is 367. The Balaban J connectivity index is 1.79. The molecule has 1 nitrogen and oxygen atoms in total. The van der Waals surface area contributed by atoms with E-state index in [0.717, 1.165) is 11.8 Å². The van der Waals surface area contributed by atoms with Gasteiger partial charge in [0, 0.05) is 0 Å². The monoisotopic (exact) mass is 234 g/mol. The number of thiophene rings is 1. The fraction of sp³-hybridized carbons (Fsp3) is 0.714. The summed E-state index contributed by atoms with van der Waals surface area (Å²) >= 11 is 1.72. The lowest BCUT2D eigenvalue weighted by atomic mass is 9.49. The highest BCUT2D eigenvalue weighted by atomic mass is 32.1. The zero-order valence-corrected chi connectivity index (χ0v) is 10.2. The number of aliphatic hydroxyl groups is 1. The van der Waals surface area contributed by atoms with Crippen LogP contribution in [0.25, 0.3) is 0 Å². The van der Waals surface area contributed by atoms with Crippen molar-refractivity contribution >= 4 is 11.3 Å². The minimum Gasteiger partial charge on any atom is -0.385 e. The van der Waals surface area contributed by atoms with E-state index in [9.17, 15) is 5.11 Å². The van der Waals surface area contributed by atoms with Crippen molar-refractivity contribution in [2.75, 3.05) is 0 Å². The van der Waals surface area contributed by atoms with Gasteiger partial charge in [-0.2, -0.15) is 11.3 Å². The molecule has 0 radical (unpaired) electrons. The number of hydrogen-bond acceptors (Lipinski definition) is 2. The summed E-state index contributed by atoms with van der Waals surface area (Å²) in [6, 6.07) is 2.15. The summed E-state index contributed by atoms with van der Waals surface area (Å²) in [6.07, 6.45) is 6.56. The Morgan fingerprint density at radius 2 is 1.69 bits per heavy atom. The third kappa shape index (κ3) is 1.10. The average molecular weight is 234 g/mol. The molecule has 0 atom stereocenters. The van der Waals surface area contributed by atoms with Gasteiger partial charge in [0.25, 0.3) is 0 Å². The average Bonchev–Trinajstić information content (AvgIpc) is 2.78. The molecule has 0 unspecified atom stereocenters. The van der Waals surface area contributed by atoms with Crippen molar-refractivity contribution in [1.82, 2.24) is 0 Å². The number of rotatable bonds is 1. The molecule has 16 heavy (non-hydrogen) atoms. The zero-order valence-electron chi connectivity index (χ0n) is 9.43. The van der Waals surface area contributed by atoms with Crippen LogP contribution in [0.5, 0.6) is 0 Å². The largest absolute Gasteiger partial charge is 0.385 e. The smallest absolute Gasteiger partial charge is 0.0960 e. The molecule has 4 saturated carbocycles. The van der Waals surface area contributed by atoms with Crippen LogP contribution < -0.4 is 0 Å². The predicted octanol–water partition coefficient (Wildman–Crippen LogP) is 3.39. The highest BCUT2D eigenvalue weighted by Crippen LogP contribution is 2.61. The van der Waals surface area contributed by atoms with E-state index in [1.165, 1.54) is 37.7 Å². The van der Waals surface area contributed by atoms with Crippen molar-refractivity contribution in [2.24, 2.45) is 23.7 Å². The maximum atomic E-state index is 11.2. The molecule has 0 spiro atoms. The van der Waals surface area contributed by atoms with E-state index < -0.39 is 5.60 Å². The first-order valence-electron chi connectivity index (χ1n) is 6.52. The van der Waals surface area contributed by atoms with Crippen LogP contribution in [0.2, 0.25) is 0 Å². The molecule has 86 valence electrons. The van der Waals surface area contributed by atoms with Gasteiger partial charge in [-0.05, 0) is 78.2 Å². The minimum atomic E-state index is -0.465. The lowest BCUT2D eigenvalue weighted by Crippen LogP contribution is -2.55. The summed E-state index contributed by atoms with van der Waals surface area (Å²) in [4.78, 5) is 0. The van der Waals surface area contributed by atoms with Gasteiger partial charge in [0.2, 0.25) is 0 Å². The summed E-state index contributed by atoms with van der Waals surface area (Å²) in [7, 11) is 0. The van der Waals surface area contributed by atoms with Crippen molar-refractivity contribution in [1.29, 1.82) is 0 Å². The van der Waals surface area contributed by atoms with E-state index in [2.05, 4.69) is 16.8 Å². The van der Waals surface area contributed by atoms with Crippen LogP contribution in [0.15, 0.2) is 16.8 Å². The molecule has 4 aliphatic rings. The van der Waals surface area contributed by atoms with Crippen LogP contribution in [-0.4, -0.2) is 5.11 Å². The number of hydrogen-bond donors (Lipinski definition) is 1. The Labute approximate surface area is 100 Å². The molecule has 2 heteroatoms. The third-order valence-electron chi connectivity index (χ3n) is 5.37. The molecule has 5 rings (SSSR count). The molecule has 1 heterocycles. The van der Waals surface area contributed by atoms with Gasteiger partial charge in [0.1, 0.15) is 0 Å². The third-order valence-corrected chi connectivity index (χ3v) is 6.05. The van der Waals surface area contributed by atoms with E-state index in [1.807, 2.05) is 0 Å². The first-order valence-corrected chi connectivity index (χ1v) is 7.46. The first kappa shape index (κ1) is 9.67. The van der Waals surface area contributed by atoms with E-state index in [4.69, 9.17) is 0 Å². The highest BCUT2D eigenvalue weighted by Gasteiger charge is 2.57. The summed E-state index contributed by atoms with van der Waals surface area (Å²) in [5, 5.41) is 15.4. The molecular weight excluding hydrogens is 216 g/mol. The van der Waals surface area contributed by atoms with Gasteiger partial charge in [0.05, 0.1) is 5.60 Å². The topological polar surface area (TPSA) is 20.2 Å². The molecule has 0 saturated heterocycles. The maximum Gasteiger partial charge on any atom is 0.0960 e. The predicted molar refractivity (Wildman–Crippen MR) is 65.3 cm³/mol. The SMILES string of the molecule is OC1(c2ccsc2)C2CC3CC(C2)CC1C3. The van der Waals surface area contributed by atoms with Gasteiger partial charge in [-0.15, -0.1) is 0 Å². The molecule has 4 fully saturated rings. The molecule has 4 aliphatic carbocycles. The second-order valence-corrected chi connectivity index (χ2v) is 6.92. The molecule has 0 aliphatic heterocycles. The summed E-state index contributed by atoms with van der Waals surface area (Å²) in [6.45, 7) is 0. The fourth-order valence-corrected chi connectivity index (χ4v) is 5.58. The standard InChI is InChI=1S/C14H18OS/c15-14(11-1-2-16-8-11)12-4-9-3-10(6-12)7-13(14)5-9/h1-2,8-10,12-13,15H,3-7H2. The van der Waals surface area contributed by atoms with E-state index in [1.54, 1.807) is 11.3 Å². The van der Waals surface area contributed by atoms with Crippen molar-refractivity contribution in [3.63, 3.8) is 0 Å². The van der Waals surface area contributed by atoms with Crippen molar-refractivity contribution in [3.05, 3.63) is 22.4 Å². The van der Waals surface area contributed by atoms with Crippen molar-refractivity contribution < 1.29 is 5.11 Å². The summed E-state index contributed by atoms with van der Waals surface area (Å²) in [5.74, 6) is 2.97. The van der Waals surface area contributed by atoms with Crippen LogP contribution >= 0.6 is 11.3 Å². The van der Waals surface area contributed by atoms with Crippen LogP contribution in [0, 0.1) is 23.7 Å². The second-order valence-electron chi connectivity index (χ2n) is 6.14. The first-order chi connectivity index (χ1) is 7.77. The maximum absolute atomic E-state index is 11.2. The van der Waals surface area contributed by atoms with Crippen LogP contribution in [0.1, 0.15) is 37.7 Å². The molecular formula is C14H18OS. The molecule has 1 aromatic rings. The molecule has 0 amide bonds. The van der Waals surface area contributed by atoms with Crippen molar-refractivity contribution in [3.8, 4) is 0 Å². The Hall–Kier alpha value is -0.340. The van der Waals surface area contributed by atoms with Gasteiger partial charge >= 0.3 is 0 Å². The summed E-state index contributed by atoms with van der Waals surface area (Å²) < 4.78 is 0. The lowest BCUT2D eigenvalue weighted by Gasteiger charge is -2.58. The fourth-order valence-electron chi connectivity index (χ4n) is 4.87. The van der Waals surface area contributed by atoms with Gasteiger partial charge in [0.15, 0.2) is 0 Å². The quantitative estimate of drug-likeness (QED) is 0.789. The molecule has 0 aromatic carbocycles. The van der Waals surface area contributed by atoms with E-state index in [0.29, 0.717) is 11.8 Å². The van der Waals surface area contributed by atoms with Gasteiger partial charge < -0.3 is 5.11 Å². The zero-order chi connectivity index (χ0) is 10.8. The Morgan fingerprint density at radius 1 is 1.06 bits per heavy atom. The van der Waals surface area contributed by atoms with Gasteiger partial charge in [-0.25, -0.2) is 0 Å². The van der Waals surface area contributed by atoms with E-state index >= 15 is 0 Å². The lowest BCUT2D eigenvalue weighted by molar-refractivity contribution is -0.179.